The van der Waals surface area contributed by atoms with Crippen molar-refractivity contribution in [3.63, 3.8) is 0 Å². The number of nitrogens with zero attached hydrogens (tertiary/aromatic N) is 2. The molecule has 1 aliphatic heterocycles. The number of H-pyrrole nitrogens is 1. The third-order valence-corrected chi connectivity index (χ3v) is 4.33. The molecule has 0 radical (unpaired) electrons. The maximum absolute atomic E-state index is 12.4. The second-order valence-corrected chi connectivity index (χ2v) is 6.01. The van der Waals surface area contributed by atoms with E-state index in [4.69, 9.17) is 0 Å². The number of aliphatic hydroxyl groups excluding tert-OH is 1. The highest BCUT2D eigenvalue weighted by Gasteiger charge is 2.32. The average molecular weight is 279 g/mol. The third kappa shape index (κ3) is 2.71. The van der Waals surface area contributed by atoms with E-state index in [9.17, 15) is 15.0 Å². The Hall–Kier alpha value is -1.40. The molecular weight excluding hydrogens is 258 g/mol. The molecule has 0 bridgehead atoms. The lowest BCUT2D eigenvalue weighted by atomic mass is 9.96. The van der Waals surface area contributed by atoms with Crippen LogP contribution in [0.5, 0.6) is 0 Å². The molecule has 2 aliphatic rings. The quantitative estimate of drug-likeness (QED) is 0.757. The minimum Gasteiger partial charge on any atom is -0.393 e. The number of carbonyl (C=O) groups is 1. The second-order valence-electron chi connectivity index (χ2n) is 6.01. The van der Waals surface area contributed by atoms with Gasteiger partial charge in [-0.2, -0.15) is 5.10 Å². The molecule has 1 saturated heterocycles. The molecule has 20 heavy (non-hydrogen) atoms. The highest BCUT2D eigenvalue weighted by atomic mass is 16.3. The van der Waals surface area contributed by atoms with Gasteiger partial charge in [-0.15, -0.1) is 0 Å². The van der Waals surface area contributed by atoms with E-state index in [1.54, 1.807) is 4.90 Å². The lowest BCUT2D eigenvalue weighted by molar-refractivity contribution is -0.0250. The number of hydrogen-bond acceptors (Lipinski definition) is 4. The lowest BCUT2D eigenvalue weighted by Gasteiger charge is -2.24. The number of hydrogen-bond donors (Lipinski definition) is 3. The van der Waals surface area contributed by atoms with E-state index >= 15 is 0 Å². The fourth-order valence-electron chi connectivity index (χ4n) is 2.75. The molecule has 1 unspecified atom stereocenters. The molecule has 3 N–H and O–H groups in total. The second kappa shape index (κ2) is 5.18. The van der Waals surface area contributed by atoms with Gasteiger partial charge < -0.3 is 15.1 Å². The molecule has 3 rings (SSSR count). The van der Waals surface area contributed by atoms with Gasteiger partial charge in [0.2, 0.25) is 0 Å². The van der Waals surface area contributed by atoms with Crippen LogP contribution in [0.25, 0.3) is 0 Å². The maximum Gasteiger partial charge on any atom is 0.274 e. The van der Waals surface area contributed by atoms with Gasteiger partial charge >= 0.3 is 0 Å². The molecule has 1 aliphatic carbocycles. The van der Waals surface area contributed by atoms with Gasteiger partial charge in [0, 0.05) is 24.7 Å². The first kappa shape index (κ1) is 13.6. The first-order chi connectivity index (χ1) is 9.61. The van der Waals surface area contributed by atoms with E-state index in [0.717, 1.165) is 5.69 Å². The number of likely N-dealkylation sites (tertiary alicyclic amines) is 1. The summed E-state index contributed by atoms with van der Waals surface area (Å²) in [5, 5.41) is 26.4. The Bertz CT molecular complexity index is 498. The van der Waals surface area contributed by atoms with Gasteiger partial charge in [-0.25, -0.2) is 0 Å². The Kier molecular flexibility index (Phi) is 3.52. The number of rotatable bonds is 3. The van der Waals surface area contributed by atoms with Crippen LogP contribution in [-0.2, 0) is 0 Å². The van der Waals surface area contributed by atoms with Crippen molar-refractivity contribution in [2.45, 2.75) is 43.6 Å². The Balaban J connectivity index is 1.66. The lowest BCUT2D eigenvalue weighted by Crippen LogP contribution is -2.36. The predicted molar refractivity (Wildman–Crippen MR) is 72.4 cm³/mol. The molecule has 1 aromatic rings. The van der Waals surface area contributed by atoms with Crippen molar-refractivity contribution in [3.8, 4) is 0 Å². The number of amides is 1. The number of aliphatic hydroxyl groups is 2. The summed E-state index contributed by atoms with van der Waals surface area (Å²) in [6.45, 7) is 0.817. The minimum absolute atomic E-state index is 0.0876. The van der Waals surface area contributed by atoms with Crippen LogP contribution in [0.2, 0.25) is 0 Å². The molecule has 2 fully saturated rings. The molecule has 1 aromatic heterocycles. The first-order valence-corrected chi connectivity index (χ1v) is 7.29. The summed E-state index contributed by atoms with van der Waals surface area (Å²) in [5.74, 6) is 0.461. The molecule has 1 amide bonds. The fourth-order valence-corrected chi connectivity index (χ4v) is 2.75. The van der Waals surface area contributed by atoms with Crippen LogP contribution < -0.4 is 0 Å². The van der Waals surface area contributed by atoms with Crippen LogP contribution >= 0.6 is 0 Å². The van der Waals surface area contributed by atoms with Crippen molar-refractivity contribution in [3.05, 3.63) is 17.5 Å². The Morgan fingerprint density at radius 2 is 2.25 bits per heavy atom. The van der Waals surface area contributed by atoms with Crippen LogP contribution in [0.15, 0.2) is 6.07 Å². The molecule has 6 heteroatoms. The normalized spacial score (nSPS) is 27.4. The SMILES string of the molecule is O=C(c1cc(C2CC2)[nH]n1)N1CCCC(O)(CO)CC1. The van der Waals surface area contributed by atoms with E-state index in [-0.39, 0.29) is 12.5 Å². The Morgan fingerprint density at radius 3 is 2.95 bits per heavy atom. The van der Waals surface area contributed by atoms with Crippen LogP contribution in [0.1, 0.15) is 54.2 Å². The van der Waals surface area contributed by atoms with Crippen LogP contribution in [0.4, 0.5) is 0 Å². The van der Waals surface area contributed by atoms with E-state index in [0.29, 0.717) is 44.0 Å². The monoisotopic (exact) mass is 279 g/mol. The van der Waals surface area contributed by atoms with Gasteiger partial charge in [-0.05, 0) is 38.2 Å². The molecule has 1 atom stereocenters. The van der Waals surface area contributed by atoms with Crippen molar-refractivity contribution in [2.75, 3.05) is 19.7 Å². The largest absolute Gasteiger partial charge is 0.393 e. The van der Waals surface area contributed by atoms with Gasteiger partial charge in [0.25, 0.3) is 5.91 Å². The van der Waals surface area contributed by atoms with Gasteiger partial charge in [0.05, 0.1) is 12.2 Å². The first-order valence-electron chi connectivity index (χ1n) is 7.29. The van der Waals surface area contributed by atoms with E-state index in [1.807, 2.05) is 6.07 Å². The summed E-state index contributed by atoms with van der Waals surface area (Å²) in [7, 11) is 0. The van der Waals surface area contributed by atoms with E-state index in [2.05, 4.69) is 10.2 Å². The molecule has 0 aromatic carbocycles. The zero-order valence-corrected chi connectivity index (χ0v) is 11.5. The topological polar surface area (TPSA) is 89.5 Å². The van der Waals surface area contributed by atoms with Gasteiger partial charge in [-0.3, -0.25) is 9.89 Å². The number of aromatic amines is 1. The van der Waals surface area contributed by atoms with Crippen molar-refractivity contribution in [2.24, 2.45) is 0 Å². The molecule has 2 heterocycles. The minimum atomic E-state index is -1.04. The number of nitrogens with one attached hydrogen (secondary N) is 1. The Labute approximate surface area is 117 Å². The zero-order valence-electron chi connectivity index (χ0n) is 11.5. The predicted octanol–water partition coefficient (Wildman–Crippen LogP) is 0.637. The highest BCUT2D eigenvalue weighted by molar-refractivity contribution is 5.92. The summed E-state index contributed by atoms with van der Waals surface area (Å²) in [6.07, 6.45) is 3.98. The van der Waals surface area contributed by atoms with Crippen molar-refractivity contribution in [1.82, 2.24) is 15.1 Å². The molecule has 1 saturated carbocycles. The van der Waals surface area contributed by atoms with Crippen LogP contribution in [0, 0.1) is 0 Å². The van der Waals surface area contributed by atoms with Crippen molar-refractivity contribution < 1.29 is 15.0 Å². The zero-order chi connectivity index (χ0) is 14.2. The number of aromatic nitrogens is 2. The van der Waals surface area contributed by atoms with Crippen molar-refractivity contribution >= 4 is 5.91 Å². The smallest absolute Gasteiger partial charge is 0.274 e. The van der Waals surface area contributed by atoms with E-state index < -0.39 is 5.60 Å². The summed E-state index contributed by atoms with van der Waals surface area (Å²) in [4.78, 5) is 14.1. The molecule has 0 spiro atoms. The summed E-state index contributed by atoms with van der Waals surface area (Å²) >= 11 is 0. The molecule has 6 nitrogen and oxygen atoms in total. The van der Waals surface area contributed by atoms with Crippen LogP contribution in [-0.4, -0.2) is 56.5 Å². The van der Waals surface area contributed by atoms with Crippen molar-refractivity contribution in [1.29, 1.82) is 0 Å². The fraction of sp³-hybridized carbons (Fsp3) is 0.714. The summed E-state index contributed by atoms with van der Waals surface area (Å²) in [5.41, 5.74) is 0.469. The van der Waals surface area contributed by atoms with Gasteiger partial charge in [-0.1, -0.05) is 0 Å². The highest BCUT2D eigenvalue weighted by Crippen LogP contribution is 2.39. The summed E-state index contributed by atoms with van der Waals surface area (Å²) < 4.78 is 0. The third-order valence-electron chi connectivity index (χ3n) is 4.33. The summed E-state index contributed by atoms with van der Waals surface area (Å²) in [6, 6.07) is 1.85. The van der Waals surface area contributed by atoms with Gasteiger partial charge in [0.1, 0.15) is 5.69 Å². The maximum atomic E-state index is 12.4. The number of carbonyl (C=O) groups excluding carboxylic acids is 1. The van der Waals surface area contributed by atoms with Gasteiger partial charge in [0.15, 0.2) is 0 Å². The Morgan fingerprint density at radius 1 is 1.45 bits per heavy atom. The average Bonchev–Trinajstić information content (AvgIpc) is 3.22. The molecule has 110 valence electrons. The standard InChI is InChI=1S/C14H21N3O3/c18-9-14(20)4-1-6-17(7-5-14)13(19)12-8-11(15-16-12)10-2-3-10/h8,10,18,20H,1-7,9H2,(H,15,16). The van der Waals surface area contributed by atoms with E-state index in [1.165, 1.54) is 12.8 Å². The molecular formula is C14H21N3O3. The van der Waals surface area contributed by atoms with Crippen LogP contribution in [0.3, 0.4) is 0 Å².